The number of nitrogens with one attached hydrogen (secondary N) is 1. The Bertz CT molecular complexity index is 652. The number of rotatable bonds is 5. The molecule has 2 rings (SSSR count). The minimum Gasteiger partial charge on any atom is -0.382 e. The average Bonchev–Trinajstić information content (AvgIpc) is 2.47. The highest BCUT2D eigenvalue weighted by Gasteiger charge is 2.17. The molecule has 1 heterocycles. The van der Waals surface area contributed by atoms with E-state index in [9.17, 15) is 4.79 Å². The molecule has 1 N–H and O–H groups in total. The van der Waals surface area contributed by atoms with E-state index in [1.165, 1.54) is 0 Å². The first kappa shape index (κ1) is 16.0. The zero-order valence-electron chi connectivity index (χ0n) is 13.6. The van der Waals surface area contributed by atoms with Crippen molar-refractivity contribution in [3.8, 4) is 0 Å². The van der Waals surface area contributed by atoms with Gasteiger partial charge in [-0.1, -0.05) is 12.1 Å². The lowest BCUT2D eigenvalue weighted by molar-refractivity contribution is 0.0988. The summed E-state index contributed by atoms with van der Waals surface area (Å²) in [7, 11) is 0. The van der Waals surface area contributed by atoms with Crippen molar-refractivity contribution in [2.75, 3.05) is 16.8 Å². The van der Waals surface area contributed by atoms with Gasteiger partial charge in [0.2, 0.25) is 0 Å². The van der Waals surface area contributed by atoms with Gasteiger partial charge in [-0.05, 0) is 51.5 Å². The van der Waals surface area contributed by atoms with E-state index in [0.717, 1.165) is 16.9 Å². The van der Waals surface area contributed by atoms with Crippen LogP contribution in [0.4, 0.5) is 11.4 Å². The van der Waals surface area contributed by atoms with Crippen LogP contribution in [0.1, 0.15) is 36.7 Å². The minimum atomic E-state index is -0.0343. The molecule has 1 amide bonds. The SMILES string of the molecule is CCN(C(=O)c1cncc(NC(C)C)c1)c1cccc(C)c1. The molecule has 0 fully saturated rings. The van der Waals surface area contributed by atoms with Crippen LogP contribution in [0.2, 0.25) is 0 Å². The first-order valence-corrected chi connectivity index (χ1v) is 7.61. The predicted octanol–water partition coefficient (Wildman–Crippen LogP) is 3.88. The quantitative estimate of drug-likeness (QED) is 0.911. The van der Waals surface area contributed by atoms with Crippen LogP contribution in [-0.2, 0) is 0 Å². The summed E-state index contributed by atoms with van der Waals surface area (Å²) >= 11 is 0. The molecule has 4 nitrogen and oxygen atoms in total. The van der Waals surface area contributed by atoms with Gasteiger partial charge >= 0.3 is 0 Å². The molecule has 1 aromatic carbocycles. The molecular weight excluding hydrogens is 274 g/mol. The number of pyridine rings is 1. The molecule has 4 heteroatoms. The van der Waals surface area contributed by atoms with Crippen LogP contribution >= 0.6 is 0 Å². The van der Waals surface area contributed by atoms with Crippen molar-refractivity contribution in [2.24, 2.45) is 0 Å². The van der Waals surface area contributed by atoms with E-state index in [0.29, 0.717) is 18.2 Å². The van der Waals surface area contributed by atoms with Crippen molar-refractivity contribution in [1.29, 1.82) is 0 Å². The fraction of sp³-hybridized carbons (Fsp3) is 0.333. The molecule has 1 aromatic heterocycles. The molecule has 0 bridgehead atoms. The third kappa shape index (κ3) is 3.85. The number of aryl methyl sites for hydroxylation is 1. The Hall–Kier alpha value is -2.36. The van der Waals surface area contributed by atoms with Gasteiger partial charge in [-0.3, -0.25) is 9.78 Å². The standard InChI is InChI=1S/C18H23N3O/c1-5-21(17-8-6-7-14(4)9-17)18(22)15-10-16(12-19-11-15)20-13(2)3/h6-13,20H,5H2,1-4H3. The molecule has 22 heavy (non-hydrogen) atoms. The fourth-order valence-electron chi connectivity index (χ4n) is 2.36. The Morgan fingerprint density at radius 2 is 2.05 bits per heavy atom. The molecule has 0 aliphatic rings. The Morgan fingerprint density at radius 1 is 1.27 bits per heavy atom. The lowest BCUT2D eigenvalue weighted by Crippen LogP contribution is -2.30. The second-order valence-electron chi connectivity index (χ2n) is 5.65. The van der Waals surface area contributed by atoms with Crippen molar-refractivity contribution in [3.63, 3.8) is 0 Å². The van der Waals surface area contributed by atoms with Gasteiger partial charge in [0.25, 0.3) is 5.91 Å². The minimum absolute atomic E-state index is 0.0343. The zero-order valence-corrected chi connectivity index (χ0v) is 13.6. The van der Waals surface area contributed by atoms with E-state index in [4.69, 9.17) is 0 Å². The second-order valence-corrected chi connectivity index (χ2v) is 5.65. The number of aromatic nitrogens is 1. The van der Waals surface area contributed by atoms with Gasteiger partial charge in [0, 0.05) is 30.7 Å². The van der Waals surface area contributed by atoms with Crippen LogP contribution < -0.4 is 10.2 Å². The number of anilines is 2. The van der Waals surface area contributed by atoms with Crippen LogP contribution in [0.5, 0.6) is 0 Å². The maximum Gasteiger partial charge on any atom is 0.259 e. The molecule has 0 aliphatic heterocycles. The van der Waals surface area contributed by atoms with Crippen LogP contribution in [0.3, 0.4) is 0 Å². The summed E-state index contributed by atoms with van der Waals surface area (Å²) in [6.45, 7) is 8.73. The summed E-state index contributed by atoms with van der Waals surface area (Å²) < 4.78 is 0. The number of carbonyl (C=O) groups excluding carboxylic acids is 1. The Labute approximate surface area is 132 Å². The molecule has 116 valence electrons. The molecule has 0 unspecified atom stereocenters. The van der Waals surface area contributed by atoms with Crippen LogP contribution in [0, 0.1) is 6.92 Å². The normalized spacial score (nSPS) is 10.6. The van der Waals surface area contributed by atoms with E-state index in [1.807, 2.05) is 44.2 Å². The molecule has 0 radical (unpaired) electrons. The smallest absolute Gasteiger partial charge is 0.259 e. The predicted molar refractivity (Wildman–Crippen MR) is 91.5 cm³/mol. The van der Waals surface area contributed by atoms with E-state index in [-0.39, 0.29) is 5.91 Å². The molecular formula is C18H23N3O. The van der Waals surface area contributed by atoms with Gasteiger partial charge in [0.15, 0.2) is 0 Å². The monoisotopic (exact) mass is 297 g/mol. The summed E-state index contributed by atoms with van der Waals surface area (Å²) in [5.74, 6) is -0.0343. The largest absolute Gasteiger partial charge is 0.382 e. The summed E-state index contributed by atoms with van der Waals surface area (Å²) in [6, 6.07) is 10.1. The van der Waals surface area contributed by atoms with Crippen molar-refractivity contribution in [1.82, 2.24) is 4.98 Å². The number of benzene rings is 1. The van der Waals surface area contributed by atoms with E-state index in [1.54, 1.807) is 17.3 Å². The van der Waals surface area contributed by atoms with E-state index >= 15 is 0 Å². The highest BCUT2D eigenvalue weighted by molar-refractivity contribution is 6.06. The van der Waals surface area contributed by atoms with Gasteiger partial charge in [0.1, 0.15) is 0 Å². The summed E-state index contributed by atoms with van der Waals surface area (Å²) in [5, 5.41) is 3.27. The third-order valence-corrected chi connectivity index (χ3v) is 3.32. The fourth-order valence-corrected chi connectivity index (χ4v) is 2.36. The molecule has 2 aromatic rings. The lowest BCUT2D eigenvalue weighted by atomic mass is 10.1. The number of hydrogen-bond donors (Lipinski definition) is 1. The average molecular weight is 297 g/mol. The molecule has 0 atom stereocenters. The highest BCUT2D eigenvalue weighted by atomic mass is 16.2. The Kier molecular flexibility index (Phi) is 5.15. The van der Waals surface area contributed by atoms with E-state index in [2.05, 4.69) is 24.1 Å². The molecule has 0 saturated carbocycles. The Balaban J connectivity index is 2.29. The topological polar surface area (TPSA) is 45.2 Å². The number of nitrogens with zero attached hydrogens (tertiary/aromatic N) is 2. The molecule has 0 saturated heterocycles. The number of carbonyl (C=O) groups is 1. The van der Waals surface area contributed by atoms with E-state index < -0.39 is 0 Å². The zero-order chi connectivity index (χ0) is 16.1. The van der Waals surface area contributed by atoms with Crippen molar-refractivity contribution < 1.29 is 4.79 Å². The maximum absolute atomic E-state index is 12.8. The summed E-state index contributed by atoms with van der Waals surface area (Å²) in [5.41, 5.74) is 3.50. The van der Waals surface area contributed by atoms with Gasteiger partial charge in [0.05, 0.1) is 11.3 Å². The summed E-state index contributed by atoms with van der Waals surface area (Å²) in [6.07, 6.45) is 3.35. The first-order valence-electron chi connectivity index (χ1n) is 7.61. The van der Waals surface area contributed by atoms with Crippen LogP contribution in [0.25, 0.3) is 0 Å². The molecule has 0 aliphatic carbocycles. The van der Waals surface area contributed by atoms with Crippen molar-refractivity contribution >= 4 is 17.3 Å². The van der Waals surface area contributed by atoms with Gasteiger partial charge in [-0.25, -0.2) is 0 Å². The number of amides is 1. The van der Waals surface area contributed by atoms with Crippen LogP contribution in [0.15, 0.2) is 42.7 Å². The summed E-state index contributed by atoms with van der Waals surface area (Å²) in [4.78, 5) is 18.7. The van der Waals surface area contributed by atoms with Gasteiger partial charge in [-0.2, -0.15) is 0 Å². The number of hydrogen-bond acceptors (Lipinski definition) is 3. The highest BCUT2D eigenvalue weighted by Crippen LogP contribution is 2.19. The second kappa shape index (κ2) is 7.07. The molecule has 0 spiro atoms. The van der Waals surface area contributed by atoms with Crippen LogP contribution in [-0.4, -0.2) is 23.5 Å². The van der Waals surface area contributed by atoms with Gasteiger partial charge < -0.3 is 10.2 Å². The Morgan fingerprint density at radius 3 is 2.68 bits per heavy atom. The van der Waals surface area contributed by atoms with Crippen molar-refractivity contribution in [3.05, 3.63) is 53.9 Å². The third-order valence-electron chi connectivity index (χ3n) is 3.32. The lowest BCUT2D eigenvalue weighted by Gasteiger charge is -2.22. The maximum atomic E-state index is 12.8. The first-order chi connectivity index (χ1) is 10.5. The van der Waals surface area contributed by atoms with Crippen molar-refractivity contribution in [2.45, 2.75) is 33.7 Å². The van der Waals surface area contributed by atoms with Gasteiger partial charge in [-0.15, -0.1) is 0 Å².